The van der Waals surface area contributed by atoms with E-state index in [9.17, 15) is 9.90 Å². The van der Waals surface area contributed by atoms with Gasteiger partial charge >= 0.3 is 6.09 Å². The number of carbonyl (C=O) groups is 1. The number of rotatable bonds is 11. The molecule has 0 aliphatic heterocycles. The normalized spacial score (nSPS) is 12.2. The third-order valence-electron chi connectivity index (χ3n) is 6.54. The number of nitrogens with two attached hydrogens (primary N) is 1. The second-order valence-corrected chi connectivity index (χ2v) is 10.0. The zero-order valence-electron chi connectivity index (χ0n) is 22.9. The highest BCUT2D eigenvalue weighted by Crippen LogP contribution is 2.33. The number of hydrogen-bond acceptors (Lipinski definition) is 6. The summed E-state index contributed by atoms with van der Waals surface area (Å²) in [5.74, 6) is 1.78. The first-order valence-electron chi connectivity index (χ1n) is 13.0. The first kappa shape index (κ1) is 28.2. The van der Waals surface area contributed by atoms with Gasteiger partial charge in [-0.25, -0.2) is 4.79 Å². The Morgan fingerprint density at radius 3 is 1.88 bits per heavy atom. The smallest absolute Gasteiger partial charge is 0.405 e. The summed E-state index contributed by atoms with van der Waals surface area (Å²) >= 11 is 0. The molecule has 0 radical (unpaired) electrons. The lowest BCUT2D eigenvalue weighted by molar-refractivity contribution is 0.146. The number of hydrogen-bond donors (Lipinski definition) is 2. The maximum absolute atomic E-state index is 10.8. The topological polar surface area (TPSA) is 103 Å². The second kappa shape index (κ2) is 12.8. The summed E-state index contributed by atoms with van der Waals surface area (Å²) in [7, 11) is 0. The fourth-order valence-corrected chi connectivity index (χ4v) is 4.19. The Labute approximate surface area is 234 Å². The van der Waals surface area contributed by atoms with E-state index in [0.717, 1.165) is 33.8 Å². The fourth-order valence-electron chi connectivity index (χ4n) is 4.19. The van der Waals surface area contributed by atoms with E-state index < -0.39 is 12.2 Å². The summed E-state index contributed by atoms with van der Waals surface area (Å²) in [6, 6.07) is 30.9. The maximum atomic E-state index is 10.8. The average molecular weight is 539 g/mol. The number of ether oxygens (including phenoxy) is 3. The molecule has 0 saturated heterocycles. The summed E-state index contributed by atoms with van der Waals surface area (Å²) in [4.78, 5) is 15.0. The quantitative estimate of drug-likeness (QED) is 0.199. The van der Waals surface area contributed by atoms with E-state index in [1.54, 1.807) is 19.1 Å². The highest BCUT2D eigenvalue weighted by molar-refractivity contribution is 5.72. The van der Waals surface area contributed by atoms with Crippen LogP contribution in [0.1, 0.15) is 43.0 Å². The average Bonchev–Trinajstić information content (AvgIpc) is 2.95. The van der Waals surface area contributed by atoms with Crippen molar-refractivity contribution in [1.29, 1.82) is 0 Å². The third kappa shape index (κ3) is 7.86. The minimum absolute atomic E-state index is 0.201. The molecule has 0 aromatic heterocycles. The molecular weight excluding hydrogens is 504 g/mol. The number of amides is 1. The molecule has 7 nitrogen and oxygen atoms in total. The number of aliphatic imine (C=N–C) groups is 1. The first-order valence-corrected chi connectivity index (χ1v) is 13.0. The Morgan fingerprint density at radius 1 is 0.850 bits per heavy atom. The molecule has 0 heterocycles. The van der Waals surface area contributed by atoms with Gasteiger partial charge in [-0.3, -0.25) is 4.99 Å². The molecule has 1 amide bonds. The molecule has 4 rings (SSSR count). The lowest BCUT2D eigenvalue weighted by atomic mass is 9.78. The van der Waals surface area contributed by atoms with Crippen LogP contribution < -0.4 is 15.2 Å². The van der Waals surface area contributed by atoms with Crippen molar-refractivity contribution in [2.75, 3.05) is 0 Å². The molecule has 0 spiro atoms. The van der Waals surface area contributed by atoms with Gasteiger partial charge < -0.3 is 25.1 Å². The Hall–Kier alpha value is -4.78. The van der Waals surface area contributed by atoms with Crippen LogP contribution in [0.5, 0.6) is 17.2 Å². The zero-order valence-corrected chi connectivity index (χ0v) is 22.9. The minimum atomic E-state index is -0.834. The van der Waals surface area contributed by atoms with Crippen LogP contribution in [0, 0.1) is 0 Å². The molecule has 40 heavy (non-hydrogen) atoms. The number of nitrogens with zero attached hydrogens (tertiary/aromatic N) is 1. The van der Waals surface area contributed by atoms with Crippen LogP contribution in [-0.4, -0.2) is 23.5 Å². The van der Waals surface area contributed by atoms with Crippen molar-refractivity contribution < 1.29 is 24.1 Å². The summed E-state index contributed by atoms with van der Waals surface area (Å²) in [6.45, 7) is 6.87. The standard InChI is InChI=1S/C33H34N2O5/c1-23(40-32(34)37)20-35-28-11-17-31(18-12-28)39-22-25-6-4-5-24(19-25)21-38-30-15-9-27(10-16-30)33(2,3)26-7-13-29(36)14-8-26/h4-20,23,36H,21-22H2,1-3H3,(H2,34,37). The molecule has 0 aliphatic rings. The number of primary amides is 1. The fraction of sp³-hybridized carbons (Fsp3) is 0.212. The highest BCUT2D eigenvalue weighted by Gasteiger charge is 2.23. The van der Waals surface area contributed by atoms with Crippen molar-refractivity contribution >= 4 is 18.0 Å². The van der Waals surface area contributed by atoms with E-state index in [2.05, 4.69) is 37.0 Å². The second-order valence-electron chi connectivity index (χ2n) is 10.0. The van der Waals surface area contributed by atoms with Crippen molar-refractivity contribution in [3.05, 3.63) is 119 Å². The van der Waals surface area contributed by atoms with E-state index in [0.29, 0.717) is 18.9 Å². The van der Waals surface area contributed by atoms with Crippen molar-refractivity contribution in [2.24, 2.45) is 10.7 Å². The molecular formula is C33H34N2O5. The molecule has 7 heteroatoms. The van der Waals surface area contributed by atoms with Gasteiger partial charge in [-0.2, -0.15) is 0 Å². The van der Waals surface area contributed by atoms with Crippen molar-refractivity contribution in [2.45, 2.75) is 45.5 Å². The van der Waals surface area contributed by atoms with Crippen LogP contribution in [0.4, 0.5) is 10.5 Å². The van der Waals surface area contributed by atoms with Gasteiger partial charge in [0.25, 0.3) is 0 Å². The molecule has 4 aromatic carbocycles. The van der Waals surface area contributed by atoms with E-state index in [1.807, 2.05) is 66.7 Å². The van der Waals surface area contributed by atoms with Crippen LogP contribution in [0.15, 0.2) is 102 Å². The van der Waals surface area contributed by atoms with Gasteiger partial charge in [-0.05, 0) is 83.8 Å². The van der Waals surface area contributed by atoms with Crippen LogP contribution in [0.25, 0.3) is 0 Å². The van der Waals surface area contributed by atoms with E-state index in [-0.39, 0.29) is 11.2 Å². The van der Waals surface area contributed by atoms with Gasteiger partial charge in [0, 0.05) is 11.6 Å². The monoisotopic (exact) mass is 538 g/mol. The van der Waals surface area contributed by atoms with Crippen LogP contribution in [-0.2, 0) is 23.4 Å². The van der Waals surface area contributed by atoms with Gasteiger partial charge in [-0.1, -0.05) is 56.3 Å². The SMILES string of the molecule is CC(C=Nc1ccc(OCc2cccc(COc3ccc(C(C)(C)c4ccc(O)cc4)cc3)c2)cc1)OC(N)=O. The summed E-state index contributed by atoms with van der Waals surface area (Å²) < 4.78 is 16.8. The number of carbonyl (C=O) groups excluding carboxylic acids is 1. The minimum Gasteiger partial charge on any atom is -0.508 e. The maximum Gasteiger partial charge on any atom is 0.405 e. The van der Waals surface area contributed by atoms with E-state index in [1.165, 1.54) is 6.21 Å². The lowest BCUT2D eigenvalue weighted by Crippen LogP contribution is -2.21. The van der Waals surface area contributed by atoms with E-state index >= 15 is 0 Å². The predicted molar refractivity (Wildman–Crippen MR) is 157 cm³/mol. The van der Waals surface area contributed by atoms with Crippen LogP contribution in [0.3, 0.4) is 0 Å². The molecule has 1 unspecified atom stereocenters. The molecule has 206 valence electrons. The summed E-state index contributed by atoms with van der Waals surface area (Å²) in [5.41, 5.74) is 9.89. The predicted octanol–water partition coefficient (Wildman–Crippen LogP) is 7.06. The van der Waals surface area contributed by atoms with Gasteiger partial charge in [-0.15, -0.1) is 0 Å². The summed E-state index contributed by atoms with van der Waals surface area (Å²) in [5, 5.41) is 9.60. The number of phenolic OH excluding ortho intramolecular Hbond substituents is 1. The largest absolute Gasteiger partial charge is 0.508 e. The zero-order chi connectivity index (χ0) is 28.5. The third-order valence-corrected chi connectivity index (χ3v) is 6.54. The van der Waals surface area contributed by atoms with Crippen LogP contribution >= 0.6 is 0 Å². The molecule has 0 saturated carbocycles. The Bertz CT molecular complexity index is 1430. The lowest BCUT2D eigenvalue weighted by Gasteiger charge is -2.26. The number of benzene rings is 4. The number of phenols is 1. The summed E-state index contributed by atoms with van der Waals surface area (Å²) in [6.07, 6.45) is 0.174. The highest BCUT2D eigenvalue weighted by atomic mass is 16.6. The van der Waals surface area contributed by atoms with Crippen LogP contribution in [0.2, 0.25) is 0 Å². The molecule has 4 aromatic rings. The van der Waals surface area contributed by atoms with Crippen molar-refractivity contribution in [3.63, 3.8) is 0 Å². The van der Waals surface area contributed by atoms with Gasteiger partial charge in [0.2, 0.25) is 0 Å². The van der Waals surface area contributed by atoms with Gasteiger partial charge in [0.1, 0.15) is 36.6 Å². The van der Waals surface area contributed by atoms with E-state index in [4.69, 9.17) is 19.9 Å². The molecule has 1 atom stereocenters. The molecule has 0 aliphatic carbocycles. The first-order chi connectivity index (χ1) is 19.2. The Balaban J connectivity index is 1.29. The van der Waals surface area contributed by atoms with Crippen molar-refractivity contribution in [1.82, 2.24) is 0 Å². The Morgan fingerprint density at radius 2 is 1.35 bits per heavy atom. The molecule has 0 fully saturated rings. The Kier molecular flexibility index (Phi) is 9.07. The molecule has 0 bridgehead atoms. The van der Waals surface area contributed by atoms with Gasteiger partial charge in [0.05, 0.1) is 5.69 Å². The number of aromatic hydroxyl groups is 1. The van der Waals surface area contributed by atoms with Crippen molar-refractivity contribution in [3.8, 4) is 17.2 Å². The molecule has 3 N–H and O–H groups in total. The van der Waals surface area contributed by atoms with Gasteiger partial charge in [0.15, 0.2) is 0 Å².